The van der Waals surface area contributed by atoms with Crippen molar-refractivity contribution >= 4 is 44.6 Å². The number of alkyl halides is 1. The van der Waals surface area contributed by atoms with E-state index in [0.29, 0.717) is 4.43 Å². The number of carbonyl (C=O) groups excluding carboxylic acids is 2. The van der Waals surface area contributed by atoms with Crippen LogP contribution in [0.4, 0.5) is 0 Å². The molecule has 134 valence electrons. The van der Waals surface area contributed by atoms with Crippen LogP contribution in [0.3, 0.4) is 0 Å². The fourth-order valence-corrected chi connectivity index (χ4v) is 3.50. The average Bonchev–Trinajstić information content (AvgIpc) is 2.40. The number of hydrogen-bond acceptors (Lipinski definition) is 9. The topological polar surface area (TPSA) is 114 Å². The monoisotopic (exact) mass is 466 g/mol. The lowest BCUT2D eigenvalue weighted by Gasteiger charge is -2.43. The van der Waals surface area contributed by atoms with Crippen molar-refractivity contribution in [3.8, 4) is 0 Å². The van der Waals surface area contributed by atoms with Crippen molar-refractivity contribution in [3.05, 3.63) is 0 Å². The highest BCUT2D eigenvalue weighted by molar-refractivity contribution is 14.1. The molecule has 1 heterocycles. The maximum absolute atomic E-state index is 11.5. The Morgan fingerprint density at radius 1 is 1.09 bits per heavy atom. The van der Waals surface area contributed by atoms with Gasteiger partial charge in [-0.15, -0.1) is 0 Å². The summed E-state index contributed by atoms with van der Waals surface area (Å²) < 4.78 is 49.3. The molecule has 0 amide bonds. The predicted octanol–water partition coefficient (Wildman–Crippen LogP) is 0.000900. The van der Waals surface area contributed by atoms with Gasteiger partial charge in [-0.25, -0.2) is 0 Å². The minimum Gasteiger partial charge on any atom is -0.455 e. The van der Waals surface area contributed by atoms with Crippen molar-refractivity contribution in [2.24, 2.45) is 0 Å². The van der Waals surface area contributed by atoms with Gasteiger partial charge in [0.05, 0.1) is 6.26 Å². The van der Waals surface area contributed by atoms with Gasteiger partial charge in [0.25, 0.3) is 10.1 Å². The lowest BCUT2D eigenvalue weighted by atomic mass is 9.99. The Balaban J connectivity index is 3.23. The van der Waals surface area contributed by atoms with Crippen molar-refractivity contribution in [3.63, 3.8) is 0 Å². The SMILES string of the molecule is CO[C@H]1O[C@H](CI)[C@@H](OS(C)(=O)=O)[C@H](OC(C)=O)[C@H]1OC(C)=O. The van der Waals surface area contributed by atoms with Crippen LogP contribution in [0.5, 0.6) is 0 Å². The van der Waals surface area contributed by atoms with Crippen LogP contribution in [0.15, 0.2) is 0 Å². The number of hydrogen-bond donors (Lipinski definition) is 0. The molecule has 0 unspecified atom stereocenters. The first kappa shape index (κ1) is 20.5. The molecule has 0 aromatic carbocycles. The minimum atomic E-state index is -3.87. The zero-order valence-corrected chi connectivity index (χ0v) is 16.0. The van der Waals surface area contributed by atoms with Gasteiger partial charge < -0.3 is 18.9 Å². The van der Waals surface area contributed by atoms with Gasteiger partial charge in [0.15, 0.2) is 18.5 Å². The fourth-order valence-electron chi connectivity index (χ4n) is 2.15. The molecule has 0 aromatic heterocycles. The highest BCUT2D eigenvalue weighted by Crippen LogP contribution is 2.30. The molecule has 0 radical (unpaired) electrons. The third kappa shape index (κ3) is 6.14. The number of carbonyl (C=O) groups is 2. The van der Waals surface area contributed by atoms with Crippen LogP contribution in [-0.4, -0.2) is 68.9 Å². The lowest BCUT2D eigenvalue weighted by molar-refractivity contribution is -0.286. The first-order valence-corrected chi connectivity index (χ1v) is 9.90. The minimum absolute atomic E-state index is 0.336. The second-order valence-corrected chi connectivity index (χ2v) is 7.33. The molecule has 1 rings (SSSR count). The van der Waals surface area contributed by atoms with Crippen molar-refractivity contribution in [1.82, 2.24) is 0 Å². The first-order chi connectivity index (χ1) is 10.6. The van der Waals surface area contributed by atoms with E-state index in [0.717, 1.165) is 20.1 Å². The van der Waals surface area contributed by atoms with E-state index >= 15 is 0 Å². The maximum Gasteiger partial charge on any atom is 0.303 e. The molecule has 1 fully saturated rings. The Labute approximate surface area is 148 Å². The summed E-state index contributed by atoms with van der Waals surface area (Å²) in [4.78, 5) is 22.7. The van der Waals surface area contributed by atoms with E-state index < -0.39 is 52.8 Å². The number of halogens is 1. The molecule has 11 heteroatoms. The van der Waals surface area contributed by atoms with Crippen LogP contribution >= 0.6 is 22.6 Å². The molecule has 5 atom stereocenters. The number of methoxy groups -OCH3 is 1. The molecule has 1 aliphatic rings. The summed E-state index contributed by atoms with van der Waals surface area (Å²) in [5.74, 6) is -1.35. The zero-order chi connectivity index (χ0) is 17.8. The Morgan fingerprint density at radius 2 is 1.61 bits per heavy atom. The van der Waals surface area contributed by atoms with E-state index in [1.165, 1.54) is 7.11 Å². The van der Waals surface area contributed by atoms with E-state index in [1.54, 1.807) is 0 Å². The molecule has 1 saturated heterocycles. The molecule has 0 N–H and O–H groups in total. The molecule has 23 heavy (non-hydrogen) atoms. The smallest absolute Gasteiger partial charge is 0.303 e. The van der Waals surface area contributed by atoms with Crippen molar-refractivity contribution < 1.29 is 41.1 Å². The van der Waals surface area contributed by atoms with Crippen LogP contribution in [-0.2, 0) is 42.8 Å². The maximum atomic E-state index is 11.5. The van der Waals surface area contributed by atoms with Gasteiger partial charge in [0.2, 0.25) is 0 Å². The normalized spacial score (nSPS) is 31.4. The predicted molar refractivity (Wildman–Crippen MR) is 85.4 cm³/mol. The van der Waals surface area contributed by atoms with Gasteiger partial charge in [0, 0.05) is 25.4 Å². The number of esters is 2. The molecule has 0 aromatic rings. The van der Waals surface area contributed by atoms with Gasteiger partial charge in [-0.2, -0.15) is 8.42 Å². The average molecular weight is 466 g/mol. The quantitative estimate of drug-likeness (QED) is 0.231. The molecule has 9 nitrogen and oxygen atoms in total. The molecule has 0 bridgehead atoms. The van der Waals surface area contributed by atoms with Gasteiger partial charge in [-0.3, -0.25) is 13.8 Å². The molecule has 0 spiro atoms. The van der Waals surface area contributed by atoms with Crippen LogP contribution in [0, 0.1) is 0 Å². The third-order valence-corrected chi connectivity index (χ3v) is 4.31. The highest BCUT2D eigenvalue weighted by Gasteiger charge is 2.51. The van der Waals surface area contributed by atoms with Crippen LogP contribution in [0.25, 0.3) is 0 Å². The highest BCUT2D eigenvalue weighted by atomic mass is 127. The van der Waals surface area contributed by atoms with E-state index in [9.17, 15) is 18.0 Å². The van der Waals surface area contributed by atoms with Gasteiger partial charge in [-0.1, -0.05) is 22.6 Å². The summed E-state index contributed by atoms with van der Waals surface area (Å²) in [5, 5.41) is 0. The van der Waals surface area contributed by atoms with E-state index in [-0.39, 0.29) is 0 Å². The molecule has 0 saturated carbocycles. The van der Waals surface area contributed by atoms with E-state index in [1.807, 2.05) is 22.6 Å². The molecule has 0 aliphatic carbocycles. The van der Waals surface area contributed by atoms with Crippen molar-refractivity contribution in [2.45, 2.75) is 44.6 Å². The van der Waals surface area contributed by atoms with Crippen LogP contribution in [0.1, 0.15) is 13.8 Å². The van der Waals surface area contributed by atoms with Crippen molar-refractivity contribution in [1.29, 1.82) is 0 Å². The first-order valence-electron chi connectivity index (χ1n) is 6.56. The lowest BCUT2D eigenvalue weighted by Crippen LogP contribution is -2.62. The number of rotatable bonds is 6. The van der Waals surface area contributed by atoms with Gasteiger partial charge in [-0.05, 0) is 0 Å². The van der Waals surface area contributed by atoms with Crippen molar-refractivity contribution in [2.75, 3.05) is 17.8 Å². The molecular weight excluding hydrogens is 447 g/mol. The summed E-state index contributed by atoms with van der Waals surface area (Å²) in [6, 6.07) is 0. The van der Waals surface area contributed by atoms with E-state index in [2.05, 4.69) is 0 Å². The second-order valence-electron chi connectivity index (χ2n) is 4.85. The Kier molecular flexibility index (Phi) is 7.64. The second kappa shape index (κ2) is 8.55. The van der Waals surface area contributed by atoms with Gasteiger partial charge in [0.1, 0.15) is 12.2 Å². The standard InChI is InChI=1S/C12H19IO9S/c1-6(14)19-10-9(22-23(4,16)17)8(5-13)21-12(18-3)11(10)20-7(2)15/h8-12H,5H2,1-4H3/t8-,9-,10+,11-,12+/m1/s1. The van der Waals surface area contributed by atoms with Gasteiger partial charge >= 0.3 is 11.9 Å². The summed E-state index contributed by atoms with van der Waals surface area (Å²) in [6.45, 7) is 2.31. The summed E-state index contributed by atoms with van der Waals surface area (Å²) in [5.41, 5.74) is 0. The number of ether oxygens (including phenoxy) is 4. The largest absolute Gasteiger partial charge is 0.455 e. The fraction of sp³-hybridized carbons (Fsp3) is 0.833. The van der Waals surface area contributed by atoms with E-state index in [4.69, 9.17) is 23.1 Å². The third-order valence-electron chi connectivity index (χ3n) is 2.87. The Morgan fingerprint density at radius 3 is 2.00 bits per heavy atom. The van der Waals surface area contributed by atoms with Crippen LogP contribution < -0.4 is 0 Å². The molecular formula is C12H19IO9S. The molecule has 1 aliphatic heterocycles. The summed E-state index contributed by atoms with van der Waals surface area (Å²) in [7, 11) is -2.54. The zero-order valence-electron chi connectivity index (χ0n) is 13.1. The summed E-state index contributed by atoms with van der Waals surface area (Å²) >= 11 is 1.97. The van der Waals surface area contributed by atoms with Crippen LogP contribution in [0.2, 0.25) is 0 Å². The summed E-state index contributed by atoms with van der Waals surface area (Å²) in [6.07, 6.45) is -4.42. The Bertz CT molecular complexity index is 535. The Hall–Kier alpha value is -0.500.